The first kappa shape index (κ1) is 20.9. The van der Waals surface area contributed by atoms with Crippen LogP contribution in [0, 0.1) is 5.92 Å². The molecule has 2 aliphatic rings. The normalized spacial score (nSPS) is 20.8. The van der Waals surface area contributed by atoms with Gasteiger partial charge in [0.2, 0.25) is 15.9 Å². The lowest BCUT2D eigenvalue weighted by Gasteiger charge is -2.22. The van der Waals surface area contributed by atoms with E-state index in [1.165, 1.54) is 12.1 Å². The van der Waals surface area contributed by atoms with Gasteiger partial charge in [-0.3, -0.25) is 4.79 Å². The molecule has 1 unspecified atom stereocenters. The highest BCUT2D eigenvalue weighted by molar-refractivity contribution is 7.89. The summed E-state index contributed by atoms with van der Waals surface area (Å²) in [5, 5.41) is 0. The topological polar surface area (TPSA) is 84.9 Å². The molecule has 1 amide bonds. The Balaban J connectivity index is 1.65. The Morgan fingerprint density at radius 1 is 1.18 bits per heavy atom. The quantitative estimate of drug-likeness (QED) is 0.779. The number of ether oxygens (including phenoxy) is 2. The second kappa shape index (κ2) is 9.13. The van der Waals surface area contributed by atoms with Gasteiger partial charge < -0.3 is 14.4 Å². The SMILES string of the molecule is CC(C)CCN1CCC(NS(=O)(=O)c2ccc3c(c2)OCCCO3)CCC1=O. The Labute approximate surface area is 167 Å². The molecule has 2 heterocycles. The monoisotopic (exact) mass is 410 g/mol. The fraction of sp³-hybridized carbons (Fsp3) is 0.650. The Bertz CT molecular complexity index is 794. The lowest BCUT2D eigenvalue weighted by molar-refractivity contribution is -0.130. The van der Waals surface area contributed by atoms with E-state index in [1.807, 2.05) is 4.90 Å². The van der Waals surface area contributed by atoms with Gasteiger partial charge in [-0.2, -0.15) is 0 Å². The highest BCUT2D eigenvalue weighted by Gasteiger charge is 2.27. The van der Waals surface area contributed by atoms with Gasteiger partial charge in [-0.15, -0.1) is 0 Å². The van der Waals surface area contributed by atoms with Crippen molar-refractivity contribution in [3.8, 4) is 11.5 Å². The Kier molecular flexibility index (Phi) is 6.82. The summed E-state index contributed by atoms with van der Waals surface area (Å²) in [4.78, 5) is 14.3. The Hall–Kier alpha value is -1.80. The van der Waals surface area contributed by atoms with E-state index in [0.29, 0.717) is 56.4 Å². The van der Waals surface area contributed by atoms with Crippen molar-refractivity contribution in [2.24, 2.45) is 5.92 Å². The molecule has 1 N–H and O–H groups in total. The van der Waals surface area contributed by atoms with Crippen LogP contribution in [0.4, 0.5) is 0 Å². The van der Waals surface area contributed by atoms with E-state index in [1.54, 1.807) is 6.07 Å². The molecule has 0 saturated carbocycles. The van der Waals surface area contributed by atoms with Gasteiger partial charge in [-0.05, 0) is 37.3 Å². The summed E-state index contributed by atoms with van der Waals surface area (Å²) in [6, 6.07) is 4.43. The number of amides is 1. The second-order valence-electron chi connectivity index (χ2n) is 7.87. The molecule has 1 aromatic rings. The van der Waals surface area contributed by atoms with Crippen LogP contribution in [-0.4, -0.2) is 51.6 Å². The number of nitrogens with one attached hydrogen (secondary N) is 1. The number of likely N-dealkylation sites (tertiary alicyclic amines) is 1. The molecule has 3 rings (SSSR count). The number of hydrogen-bond acceptors (Lipinski definition) is 5. The van der Waals surface area contributed by atoms with Crippen LogP contribution in [0.3, 0.4) is 0 Å². The van der Waals surface area contributed by atoms with Crippen molar-refractivity contribution in [1.29, 1.82) is 0 Å². The molecule has 0 radical (unpaired) electrons. The van der Waals surface area contributed by atoms with Crippen molar-refractivity contribution in [3.05, 3.63) is 18.2 Å². The van der Waals surface area contributed by atoms with E-state index < -0.39 is 10.0 Å². The Morgan fingerprint density at radius 3 is 2.68 bits per heavy atom. The molecule has 1 aromatic carbocycles. The standard InChI is InChI=1S/C20H30N2O5S/c1-15(2)8-10-22-11-9-16(4-7-20(22)23)21-28(24,25)17-5-6-18-19(14-17)27-13-3-12-26-18/h5-6,14-16,21H,3-4,7-13H2,1-2H3. The van der Waals surface area contributed by atoms with Gasteiger partial charge in [0, 0.05) is 38.0 Å². The van der Waals surface area contributed by atoms with Crippen LogP contribution < -0.4 is 14.2 Å². The summed E-state index contributed by atoms with van der Waals surface area (Å²) >= 11 is 0. The number of fused-ring (bicyclic) bond motifs is 1. The molecule has 1 atom stereocenters. The van der Waals surface area contributed by atoms with Crippen molar-refractivity contribution >= 4 is 15.9 Å². The lowest BCUT2D eigenvalue weighted by Crippen LogP contribution is -2.36. The van der Waals surface area contributed by atoms with Gasteiger partial charge in [0.25, 0.3) is 0 Å². The molecule has 1 saturated heterocycles. The molecule has 8 heteroatoms. The van der Waals surface area contributed by atoms with Gasteiger partial charge in [0.1, 0.15) is 0 Å². The molecule has 28 heavy (non-hydrogen) atoms. The first-order chi connectivity index (χ1) is 13.3. The number of carbonyl (C=O) groups excluding carboxylic acids is 1. The summed E-state index contributed by atoms with van der Waals surface area (Å²) in [6.07, 6.45) is 3.22. The van der Waals surface area contributed by atoms with Crippen molar-refractivity contribution in [3.63, 3.8) is 0 Å². The second-order valence-corrected chi connectivity index (χ2v) is 9.58. The minimum Gasteiger partial charge on any atom is -0.490 e. The first-order valence-corrected chi connectivity index (χ1v) is 11.5. The van der Waals surface area contributed by atoms with Crippen LogP contribution in [-0.2, 0) is 14.8 Å². The zero-order valence-corrected chi connectivity index (χ0v) is 17.5. The zero-order valence-electron chi connectivity index (χ0n) is 16.6. The third-order valence-corrected chi connectivity index (χ3v) is 6.65. The van der Waals surface area contributed by atoms with Gasteiger partial charge in [0.05, 0.1) is 18.1 Å². The lowest BCUT2D eigenvalue weighted by atomic mass is 10.1. The van der Waals surface area contributed by atoms with Gasteiger partial charge >= 0.3 is 0 Å². The van der Waals surface area contributed by atoms with Crippen molar-refractivity contribution in [2.45, 2.75) is 56.9 Å². The summed E-state index contributed by atoms with van der Waals surface area (Å²) in [7, 11) is -3.70. The third kappa shape index (κ3) is 5.38. The van der Waals surface area contributed by atoms with Crippen LogP contribution in [0.1, 0.15) is 46.0 Å². The minimum atomic E-state index is -3.70. The molecular weight excluding hydrogens is 380 g/mol. The summed E-state index contributed by atoms with van der Waals surface area (Å²) in [5.74, 6) is 1.66. The van der Waals surface area contributed by atoms with Crippen LogP contribution in [0.5, 0.6) is 11.5 Å². The van der Waals surface area contributed by atoms with Crippen LogP contribution in [0.25, 0.3) is 0 Å². The summed E-state index contributed by atoms with van der Waals surface area (Å²) in [5.41, 5.74) is 0. The number of rotatable bonds is 6. The molecule has 7 nitrogen and oxygen atoms in total. The van der Waals surface area contributed by atoms with Crippen molar-refractivity contribution in [2.75, 3.05) is 26.3 Å². The van der Waals surface area contributed by atoms with Gasteiger partial charge in [-0.25, -0.2) is 13.1 Å². The maximum atomic E-state index is 12.9. The summed E-state index contributed by atoms with van der Waals surface area (Å²) < 4.78 is 39.7. The smallest absolute Gasteiger partial charge is 0.240 e. The molecule has 0 bridgehead atoms. The van der Waals surface area contributed by atoms with Crippen LogP contribution in [0.2, 0.25) is 0 Å². The van der Waals surface area contributed by atoms with E-state index in [2.05, 4.69) is 18.6 Å². The van der Waals surface area contributed by atoms with E-state index in [4.69, 9.17) is 9.47 Å². The fourth-order valence-corrected chi connectivity index (χ4v) is 4.72. The first-order valence-electron chi connectivity index (χ1n) is 10.0. The van der Waals surface area contributed by atoms with Crippen LogP contribution >= 0.6 is 0 Å². The molecule has 0 spiro atoms. The number of hydrogen-bond donors (Lipinski definition) is 1. The van der Waals surface area contributed by atoms with Gasteiger partial charge in [0.15, 0.2) is 11.5 Å². The predicted octanol–water partition coefficient (Wildman–Crippen LogP) is 2.55. The largest absolute Gasteiger partial charge is 0.490 e. The number of carbonyl (C=O) groups is 1. The zero-order chi connectivity index (χ0) is 20.1. The molecular formula is C20H30N2O5S. The summed E-state index contributed by atoms with van der Waals surface area (Å²) in [6.45, 7) is 6.64. The third-order valence-electron chi connectivity index (χ3n) is 5.13. The maximum Gasteiger partial charge on any atom is 0.240 e. The molecule has 156 valence electrons. The van der Waals surface area contributed by atoms with E-state index in [0.717, 1.165) is 19.4 Å². The number of benzene rings is 1. The van der Waals surface area contributed by atoms with E-state index >= 15 is 0 Å². The molecule has 1 fully saturated rings. The fourth-order valence-electron chi connectivity index (χ4n) is 3.40. The highest BCUT2D eigenvalue weighted by atomic mass is 32.2. The molecule has 0 aromatic heterocycles. The van der Waals surface area contributed by atoms with Crippen LogP contribution in [0.15, 0.2) is 23.1 Å². The van der Waals surface area contributed by atoms with E-state index in [9.17, 15) is 13.2 Å². The molecule has 2 aliphatic heterocycles. The van der Waals surface area contributed by atoms with Crippen molar-refractivity contribution in [1.82, 2.24) is 9.62 Å². The minimum absolute atomic E-state index is 0.109. The van der Waals surface area contributed by atoms with Crippen molar-refractivity contribution < 1.29 is 22.7 Å². The molecule has 0 aliphatic carbocycles. The van der Waals surface area contributed by atoms with Gasteiger partial charge in [-0.1, -0.05) is 13.8 Å². The number of sulfonamides is 1. The van der Waals surface area contributed by atoms with E-state index in [-0.39, 0.29) is 16.8 Å². The number of nitrogens with zero attached hydrogens (tertiary/aromatic N) is 1. The Morgan fingerprint density at radius 2 is 1.93 bits per heavy atom. The average molecular weight is 411 g/mol. The average Bonchev–Trinajstić information content (AvgIpc) is 2.98. The predicted molar refractivity (Wildman–Crippen MR) is 106 cm³/mol. The highest BCUT2D eigenvalue weighted by Crippen LogP contribution is 2.32. The maximum absolute atomic E-state index is 12.9.